The monoisotopic (exact) mass is 258 g/mol. The Balaban J connectivity index is 1.78. The molecule has 4 heteroatoms. The fourth-order valence-electron chi connectivity index (χ4n) is 2.59. The minimum absolute atomic E-state index is 0.528. The average molecular weight is 258 g/mol. The second kappa shape index (κ2) is 7.22. The number of likely N-dealkylation sites (tertiary alicyclic amines) is 1. The van der Waals surface area contributed by atoms with Gasteiger partial charge in [0.25, 0.3) is 0 Å². The second-order valence-corrected chi connectivity index (χ2v) is 5.20. The Bertz CT molecular complexity index is 432. The standard InChI is InChI=1S/C15H22N4/c1-13(19-8-3-2-4-9-19)11-17-12-14-6-5-7-18-15(14)10-16/h5-7,13,17H,2-4,8-9,11-12H2,1H3. The molecule has 1 aromatic rings. The number of nitrogens with zero attached hydrogens (tertiary/aromatic N) is 3. The number of hydrogen-bond donors (Lipinski definition) is 1. The van der Waals surface area contributed by atoms with Gasteiger partial charge >= 0.3 is 0 Å². The maximum Gasteiger partial charge on any atom is 0.144 e. The summed E-state index contributed by atoms with van der Waals surface area (Å²) in [5.41, 5.74) is 1.51. The molecule has 2 heterocycles. The van der Waals surface area contributed by atoms with E-state index in [1.165, 1.54) is 32.4 Å². The van der Waals surface area contributed by atoms with Crippen molar-refractivity contribution < 1.29 is 0 Å². The molecule has 2 rings (SSSR count). The first-order chi connectivity index (χ1) is 9.31. The third kappa shape index (κ3) is 4.02. The summed E-state index contributed by atoms with van der Waals surface area (Å²) in [6, 6.07) is 6.54. The van der Waals surface area contributed by atoms with Crippen molar-refractivity contribution >= 4 is 0 Å². The molecule has 0 aromatic carbocycles. The quantitative estimate of drug-likeness (QED) is 0.876. The van der Waals surface area contributed by atoms with Crippen LogP contribution in [0.1, 0.15) is 37.4 Å². The molecule has 0 saturated carbocycles. The van der Waals surface area contributed by atoms with Crippen LogP contribution in [0.2, 0.25) is 0 Å². The highest BCUT2D eigenvalue weighted by Gasteiger charge is 2.16. The Morgan fingerprint density at radius 2 is 2.21 bits per heavy atom. The lowest BCUT2D eigenvalue weighted by Crippen LogP contribution is -2.43. The van der Waals surface area contributed by atoms with Crippen LogP contribution in [-0.4, -0.2) is 35.6 Å². The van der Waals surface area contributed by atoms with Gasteiger partial charge in [-0.25, -0.2) is 4.98 Å². The van der Waals surface area contributed by atoms with Crippen molar-refractivity contribution in [2.75, 3.05) is 19.6 Å². The molecule has 0 spiro atoms. The van der Waals surface area contributed by atoms with Gasteiger partial charge in [-0.15, -0.1) is 0 Å². The van der Waals surface area contributed by atoms with Crippen molar-refractivity contribution in [3.8, 4) is 6.07 Å². The topological polar surface area (TPSA) is 52.0 Å². The summed E-state index contributed by atoms with van der Waals surface area (Å²) in [6.45, 7) is 6.39. The van der Waals surface area contributed by atoms with Crippen LogP contribution in [0.25, 0.3) is 0 Å². The van der Waals surface area contributed by atoms with Crippen LogP contribution in [0.3, 0.4) is 0 Å². The molecule has 1 aliphatic rings. The van der Waals surface area contributed by atoms with Gasteiger partial charge in [0.05, 0.1) is 0 Å². The predicted octanol–water partition coefficient (Wildman–Crippen LogP) is 1.92. The fourth-order valence-corrected chi connectivity index (χ4v) is 2.59. The van der Waals surface area contributed by atoms with E-state index in [0.29, 0.717) is 11.7 Å². The Morgan fingerprint density at radius 3 is 2.95 bits per heavy atom. The predicted molar refractivity (Wildman–Crippen MR) is 75.5 cm³/mol. The molecule has 0 radical (unpaired) electrons. The molecule has 0 bridgehead atoms. The molecule has 0 amide bonds. The van der Waals surface area contributed by atoms with Crippen molar-refractivity contribution in [3.63, 3.8) is 0 Å². The van der Waals surface area contributed by atoms with E-state index in [-0.39, 0.29) is 0 Å². The molecule has 1 N–H and O–H groups in total. The van der Waals surface area contributed by atoms with Gasteiger partial charge in [-0.1, -0.05) is 12.5 Å². The SMILES string of the molecule is CC(CNCc1cccnc1C#N)N1CCCCC1. The fraction of sp³-hybridized carbons (Fsp3) is 0.600. The number of rotatable bonds is 5. The molecule has 19 heavy (non-hydrogen) atoms. The zero-order chi connectivity index (χ0) is 13.5. The summed E-state index contributed by atoms with van der Waals surface area (Å²) < 4.78 is 0. The number of hydrogen-bond acceptors (Lipinski definition) is 4. The first-order valence-corrected chi connectivity index (χ1v) is 7.10. The normalized spacial score (nSPS) is 17.9. The molecule has 1 unspecified atom stereocenters. The summed E-state index contributed by atoms with van der Waals surface area (Å²) in [7, 11) is 0. The molecule has 1 saturated heterocycles. The van der Waals surface area contributed by atoms with Crippen molar-refractivity contribution in [2.24, 2.45) is 0 Å². The molecular weight excluding hydrogens is 236 g/mol. The average Bonchev–Trinajstić information content (AvgIpc) is 2.48. The molecule has 1 aromatic heterocycles. The van der Waals surface area contributed by atoms with Crippen LogP contribution in [-0.2, 0) is 6.54 Å². The van der Waals surface area contributed by atoms with Gasteiger partial charge in [0, 0.05) is 30.9 Å². The van der Waals surface area contributed by atoms with Crippen LogP contribution in [0.4, 0.5) is 0 Å². The van der Waals surface area contributed by atoms with E-state index in [2.05, 4.69) is 28.2 Å². The first-order valence-electron chi connectivity index (χ1n) is 7.10. The third-order valence-electron chi connectivity index (χ3n) is 3.77. The minimum Gasteiger partial charge on any atom is -0.311 e. The summed E-state index contributed by atoms with van der Waals surface area (Å²) in [6.07, 6.45) is 5.69. The molecule has 1 fully saturated rings. The van der Waals surface area contributed by atoms with E-state index < -0.39 is 0 Å². The number of piperidine rings is 1. The van der Waals surface area contributed by atoms with Crippen LogP contribution in [0.5, 0.6) is 0 Å². The minimum atomic E-state index is 0.528. The van der Waals surface area contributed by atoms with Crippen molar-refractivity contribution in [1.29, 1.82) is 5.26 Å². The number of aromatic nitrogens is 1. The zero-order valence-corrected chi connectivity index (χ0v) is 11.6. The molecule has 0 aliphatic carbocycles. The molecule has 4 nitrogen and oxygen atoms in total. The van der Waals surface area contributed by atoms with Crippen LogP contribution >= 0.6 is 0 Å². The van der Waals surface area contributed by atoms with Gasteiger partial charge in [0.15, 0.2) is 0 Å². The van der Waals surface area contributed by atoms with Gasteiger partial charge in [-0.2, -0.15) is 5.26 Å². The Labute approximate surface area is 115 Å². The maximum atomic E-state index is 8.98. The first kappa shape index (κ1) is 14.0. The van der Waals surface area contributed by atoms with Gasteiger partial charge in [-0.3, -0.25) is 4.90 Å². The highest BCUT2D eigenvalue weighted by molar-refractivity contribution is 5.30. The number of pyridine rings is 1. The third-order valence-corrected chi connectivity index (χ3v) is 3.77. The zero-order valence-electron chi connectivity index (χ0n) is 11.6. The number of nitriles is 1. The van der Waals surface area contributed by atoms with Crippen LogP contribution in [0, 0.1) is 11.3 Å². The Kier molecular flexibility index (Phi) is 5.31. The number of nitrogens with one attached hydrogen (secondary N) is 1. The van der Waals surface area contributed by atoms with Crippen molar-refractivity contribution in [3.05, 3.63) is 29.6 Å². The van der Waals surface area contributed by atoms with Gasteiger partial charge in [0.1, 0.15) is 11.8 Å². The lowest BCUT2D eigenvalue weighted by Gasteiger charge is -2.32. The summed E-state index contributed by atoms with van der Waals surface area (Å²) in [4.78, 5) is 6.62. The highest BCUT2D eigenvalue weighted by Crippen LogP contribution is 2.11. The van der Waals surface area contributed by atoms with E-state index in [4.69, 9.17) is 5.26 Å². The molecule has 102 valence electrons. The van der Waals surface area contributed by atoms with Crippen molar-refractivity contribution in [1.82, 2.24) is 15.2 Å². The summed E-state index contributed by atoms with van der Waals surface area (Å²) >= 11 is 0. The van der Waals surface area contributed by atoms with E-state index in [0.717, 1.165) is 18.7 Å². The van der Waals surface area contributed by atoms with E-state index in [1.807, 2.05) is 12.1 Å². The molecular formula is C15H22N4. The lowest BCUT2D eigenvalue weighted by molar-refractivity contribution is 0.170. The Morgan fingerprint density at radius 1 is 1.42 bits per heavy atom. The van der Waals surface area contributed by atoms with Crippen LogP contribution in [0.15, 0.2) is 18.3 Å². The Hall–Kier alpha value is -1.44. The lowest BCUT2D eigenvalue weighted by atomic mass is 10.1. The van der Waals surface area contributed by atoms with Crippen LogP contribution < -0.4 is 5.32 Å². The summed E-state index contributed by atoms with van der Waals surface area (Å²) in [5.74, 6) is 0. The van der Waals surface area contributed by atoms with E-state index in [9.17, 15) is 0 Å². The molecule has 1 aliphatic heterocycles. The second-order valence-electron chi connectivity index (χ2n) is 5.20. The van der Waals surface area contributed by atoms with E-state index in [1.54, 1.807) is 6.20 Å². The molecule has 1 atom stereocenters. The smallest absolute Gasteiger partial charge is 0.144 e. The maximum absolute atomic E-state index is 8.98. The largest absolute Gasteiger partial charge is 0.311 e. The van der Waals surface area contributed by atoms with Crippen molar-refractivity contribution in [2.45, 2.75) is 38.8 Å². The van der Waals surface area contributed by atoms with E-state index >= 15 is 0 Å². The van der Waals surface area contributed by atoms with Gasteiger partial charge in [0.2, 0.25) is 0 Å². The highest BCUT2D eigenvalue weighted by atomic mass is 15.2. The summed E-state index contributed by atoms with van der Waals surface area (Å²) in [5, 5.41) is 12.4. The van der Waals surface area contributed by atoms with Gasteiger partial charge in [-0.05, 0) is 38.9 Å². The van der Waals surface area contributed by atoms with Gasteiger partial charge < -0.3 is 5.32 Å².